The van der Waals surface area contributed by atoms with Crippen molar-refractivity contribution in [3.8, 4) is 18.1 Å². The van der Waals surface area contributed by atoms with Crippen LogP contribution < -0.4 is 10.1 Å². The molecule has 0 saturated carbocycles. The fourth-order valence-corrected chi connectivity index (χ4v) is 1.66. The normalized spacial score (nSPS) is 10.1. The van der Waals surface area contributed by atoms with Crippen LogP contribution in [0.2, 0.25) is 0 Å². The fourth-order valence-electron chi connectivity index (χ4n) is 1.66. The third kappa shape index (κ3) is 3.24. The lowest BCUT2D eigenvalue weighted by Gasteiger charge is -2.07. The molecule has 2 nitrogen and oxygen atoms in total. The van der Waals surface area contributed by atoms with E-state index in [4.69, 9.17) is 11.2 Å². The first-order valence-corrected chi connectivity index (χ1v) is 5.66. The maximum absolute atomic E-state index is 5.63. The number of hydrogen-bond donors (Lipinski definition) is 1. The zero-order valence-electron chi connectivity index (χ0n) is 9.65. The average molecular weight is 225 g/mol. The molecule has 2 aromatic carbocycles. The van der Waals surface area contributed by atoms with Crippen LogP contribution in [0.4, 0.5) is 0 Å². The molecular formula is C15H15NO. The van der Waals surface area contributed by atoms with Crippen molar-refractivity contribution in [2.75, 3.05) is 19.7 Å². The molecule has 0 fully saturated rings. The number of hydrogen-bond acceptors (Lipinski definition) is 2. The topological polar surface area (TPSA) is 21.3 Å². The number of terminal acetylenes is 1. The number of benzene rings is 2. The molecule has 2 heteroatoms. The summed E-state index contributed by atoms with van der Waals surface area (Å²) in [4.78, 5) is 0. The molecule has 0 aliphatic rings. The van der Waals surface area contributed by atoms with Gasteiger partial charge in [-0.2, -0.15) is 0 Å². The maximum atomic E-state index is 5.63. The Labute approximate surface area is 102 Å². The Morgan fingerprint density at radius 3 is 2.76 bits per heavy atom. The first kappa shape index (κ1) is 11.5. The molecular weight excluding hydrogens is 210 g/mol. The van der Waals surface area contributed by atoms with Crippen molar-refractivity contribution in [1.29, 1.82) is 0 Å². The van der Waals surface area contributed by atoms with Crippen LogP contribution in [0, 0.1) is 12.3 Å². The van der Waals surface area contributed by atoms with Crippen molar-refractivity contribution in [3.63, 3.8) is 0 Å². The van der Waals surface area contributed by atoms with Gasteiger partial charge in [-0.15, -0.1) is 6.42 Å². The van der Waals surface area contributed by atoms with Gasteiger partial charge in [-0.25, -0.2) is 0 Å². The van der Waals surface area contributed by atoms with Gasteiger partial charge in [0, 0.05) is 6.54 Å². The van der Waals surface area contributed by atoms with Gasteiger partial charge in [-0.05, 0) is 22.9 Å². The molecule has 0 aliphatic heterocycles. The smallest absolute Gasteiger partial charge is 0.120 e. The van der Waals surface area contributed by atoms with E-state index in [1.807, 2.05) is 18.2 Å². The van der Waals surface area contributed by atoms with Crippen LogP contribution in [0.15, 0.2) is 42.5 Å². The standard InChI is InChI=1S/C15H15NO/c1-2-9-16-10-11-17-15-8-7-13-5-3-4-6-14(13)12-15/h1,3-8,12,16H,9-11H2. The zero-order valence-corrected chi connectivity index (χ0v) is 9.65. The van der Waals surface area contributed by atoms with Crippen LogP contribution >= 0.6 is 0 Å². The summed E-state index contributed by atoms with van der Waals surface area (Å²) in [6, 6.07) is 14.3. The Kier molecular flexibility index (Phi) is 4.01. The molecule has 0 aromatic heterocycles. The second-order valence-electron chi connectivity index (χ2n) is 3.74. The molecule has 0 radical (unpaired) electrons. The number of ether oxygens (including phenoxy) is 1. The third-order valence-electron chi connectivity index (χ3n) is 2.50. The number of fused-ring (bicyclic) bond motifs is 1. The highest BCUT2D eigenvalue weighted by Crippen LogP contribution is 2.20. The van der Waals surface area contributed by atoms with E-state index in [9.17, 15) is 0 Å². The minimum atomic E-state index is 0.584. The van der Waals surface area contributed by atoms with Gasteiger partial charge in [0.1, 0.15) is 12.4 Å². The van der Waals surface area contributed by atoms with E-state index in [1.165, 1.54) is 10.8 Å². The summed E-state index contributed by atoms with van der Waals surface area (Å²) in [7, 11) is 0. The minimum absolute atomic E-state index is 0.584. The molecule has 1 N–H and O–H groups in total. The molecule has 0 aliphatic carbocycles. The highest BCUT2D eigenvalue weighted by molar-refractivity contribution is 5.83. The van der Waals surface area contributed by atoms with E-state index < -0.39 is 0 Å². The van der Waals surface area contributed by atoms with Crippen LogP contribution in [0.5, 0.6) is 5.75 Å². The van der Waals surface area contributed by atoms with Gasteiger partial charge in [0.15, 0.2) is 0 Å². The van der Waals surface area contributed by atoms with Crippen LogP contribution in [-0.4, -0.2) is 19.7 Å². The Balaban J connectivity index is 1.93. The van der Waals surface area contributed by atoms with Gasteiger partial charge in [-0.1, -0.05) is 36.3 Å². The summed E-state index contributed by atoms with van der Waals surface area (Å²) in [6.07, 6.45) is 5.13. The molecule has 17 heavy (non-hydrogen) atoms. The van der Waals surface area contributed by atoms with E-state index in [0.717, 1.165) is 12.3 Å². The highest BCUT2D eigenvalue weighted by atomic mass is 16.5. The van der Waals surface area contributed by atoms with Crippen molar-refractivity contribution in [1.82, 2.24) is 5.32 Å². The van der Waals surface area contributed by atoms with Gasteiger partial charge >= 0.3 is 0 Å². The fraction of sp³-hybridized carbons (Fsp3) is 0.200. The molecule has 0 atom stereocenters. The van der Waals surface area contributed by atoms with E-state index in [-0.39, 0.29) is 0 Å². The monoisotopic (exact) mass is 225 g/mol. The molecule has 0 spiro atoms. The van der Waals surface area contributed by atoms with E-state index in [2.05, 4.69) is 35.5 Å². The Bertz CT molecular complexity index is 528. The Morgan fingerprint density at radius 2 is 1.94 bits per heavy atom. The Hall–Kier alpha value is -1.98. The predicted octanol–water partition coefficient (Wildman–Crippen LogP) is 2.44. The van der Waals surface area contributed by atoms with Gasteiger partial charge in [-0.3, -0.25) is 0 Å². The summed E-state index contributed by atoms with van der Waals surface area (Å²) in [5.41, 5.74) is 0. The first-order valence-electron chi connectivity index (χ1n) is 5.66. The van der Waals surface area contributed by atoms with E-state index in [1.54, 1.807) is 0 Å². The third-order valence-corrected chi connectivity index (χ3v) is 2.50. The number of rotatable bonds is 5. The van der Waals surface area contributed by atoms with E-state index in [0.29, 0.717) is 13.2 Å². The molecule has 0 bridgehead atoms. The molecule has 0 unspecified atom stereocenters. The summed E-state index contributed by atoms with van der Waals surface area (Å²) < 4.78 is 5.63. The summed E-state index contributed by atoms with van der Waals surface area (Å²) in [5.74, 6) is 3.42. The van der Waals surface area contributed by atoms with Gasteiger partial charge in [0.05, 0.1) is 6.54 Å². The average Bonchev–Trinajstić information content (AvgIpc) is 2.38. The largest absolute Gasteiger partial charge is 0.492 e. The quantitative estimate of drug-likeness (QED) is 0.623. The van der Waals surface area contributed by atoms with Crippen molar-refractivity contribution in [2.24, 2.45) is 0 Å². The second-order valence-corrected chi connectivity index (χ2v) is 3.74. The van der Waals surface area contributed by atoms with Crippen LogP contribution in [0.25, 0.3) is 10.8 Å². The molecule has 2 rings (SSSR count). The highest BCUT2D eigenvalue weighted by Gasteiger charge is 1.96. The van der Waals surface area contributed by atoms with Crippen molar-refractivity contribution in [3.05, 3.63) is 42.5 Å². The zero-order chi connectivity index (χ0) is 11.9. The SMILES string of the molecule is C#CCNCCOc1ccc2ccccc2c1. The lowest BCUT2D eigenvalue weighted by atomic mass is 10.1. The van der Waals surface area contributed by atoms with Crippen LogP contribution in [-0.2, 0) is 0 Å². The summed E-state index contributed by atoms with van der Waals surface area (Å²) in [5, 5.41) is 5.50. The predicted molar refractivity (Wildman–Crippen MR) is 71.1 cm³/mol. The number of nitrogens with one attached hydrogen (secondary N) is 1. The molecule has 86 valence electrons. The minimum Gasteiger partial charge on any atom is -0.492 e. The lowest BCUT2D eigenvalue weighted by Crippen LogP contribution is -2.21. The second kappa shape index (κ2) is 5.93. The van der Waals surface area contributed by atoms with Crippen molar-refractivity contribution < 1.29 is 4.74 Å². The molecule has 0 heterocycles. The Morgan fingerprint density at radius 1 is 1.12 bits per heavy atom. The van der Waals surface area contributed by atoms with Crippen molar-refractivity contribution >= 4 is 10.8 Å². The van der Waals surface area contributed by atoms with E-state index >= 15 is 0 Å². The molecule has 2 aromatic rings. The molecule has 0 amide bonds. The van der Waals surface area contributed by atoms with Gasteiger partial charge in [0.25, 0.3) is 0 Å². The van der Waals surface area contributed by atoms with Gasteiger partial charge < -0.3 is 10.1 Å². The summed E-state index contributed by atoms with van der Waals surface area (Å²) in [6.45, 7) is 1.97. The van der Waals surface area contributed by atoms with Gasteiger partial charge in [0.2, 0.25) is 0 Å². The maximum Gasteiger partial charge on any atom is 0.120 e. The summed E-state index contributed by atoms with van der Waals surface area (Å²) >= 11 is 0. The lowest BCUT2D eigenvalue weighted by molar-refractivity contribution is 0.317. The van der Waals surface area contributed by atoms with Crippen LogP contribution in [0.3, 0.4) is 0 Å². The van der Waals surface area contributed by atoms with Crippen LogP contribution in [0.1, 0.15) is 0 Å². The first-order chi connectivity index (χ1) is 8.40. The molecule has 0 saturated heterocycles. The van der Waals surface area contributed by atoms with Crippen molar-refractivity contribution in [2.45, 2.75) is 0 Å².